The Kier molecular flexibility index (Phi) is 5.87. The van der Waals surface area contributed by atoms with Crippen LogP contribution < -0.4 is 0 Å². The van der Waals surface area contributed by atoms with Gasteiger partial charge in [0.2, 0.25) is 5.91 Å². The molecule has 2 amide bonds. The summed E-state index contributed by atoms with van der Waals surface area (Å²) < 4.78 is 0. The van der Waals surface area contributed by atoms with Crippen LogP contribution in [0, 0.1) is 5.92 Å². The molecule has 3 heterocycles. The van der Waals surface area contributed by atoms with E-state index in [1.165, 1.54) is 50.2 Å². The van der Waals surface area contributed by atoms with E-state index in [2.05, 4.69) is 10.0 Å². The van der Waals surface area contributed by atoms with Gasteiger partial charge in [0.05, 0.1) is 0 Å². The minimum absolute atomic E-state index is 0.00997. The number of hydrogen-bond acceptors (Lipinski definition) is 4. The van der Waals surface area contributed by atoms with Crippen LogP contribution in [0.25, 0.3) is 0 Å². The van der Waals surface area contributed by atoms with Crippen molar-refractivity contribution in [3.8, 4) is 0 Å². The first-order chi connectivity index (χ1) is 11.6. The first kappa shape index (κ1) is 17.4. The summed E-state index contributed by atoms with van der Waals surface area (Å²) in [5.41, 5.74) is 0.549. The molecule has 6 heteroatoms. The van der Waals surface area contributed by atoms with Gasteiger partial charge in [-0.2, -0.15) is 5.10 Å². The van der Waals surface area contributed by atoms with Crippen molar-refractivity contribution in [1.29, 1.82) is 0 Å². The minimum Gasteiger partial charge on any atom is -0.337 e. The first-order valence-electron chi connectivity index (χ1n) is 9.49. The second-order valence-corrected chi connectivity index (χ2v) is 7.44. The molecule has 0 aliphatic carbocycles. The summed E-state index contributed by atoms with van der Waals surface area (Å²) in [4.78, 5) is 28.8. The maximum absolute atomic E-state index is 12.7. The van der Waals surface area contributed by atoms with Crippen LogP contribution in [0.15, 0.2) is 5.10 Å². The van der Waals surface area contributed by atoms with E-state index >= 15 is 0 Å². The Morgan fingerprint density at radius 1 is 1.08 bits per heavy atom. The Morgan fingerprint density at radius 3 is 2.54 bits per heavy atom. The van der Waals surface area contributed by atoms with Crippen LogP contribution in [0.3, 0.4) is 0 Å². The van der Waals surface area contributed by atoms with Gasteiger partial charge in [0, 0.05) is 39.5 Å². The number of piperidine rings is 1. The second-order valence-electron chi connectivity index (χ2n) is 7.44. The molecule has 0 saturated carbocycles. The monoisotopic (exact) mass is 334 g/mol. The van der Waals surface area contributed by atoms with Gasteiger partial charge in [0.15, 0.2) is 0 Å². The van der Waals surface area contributed by atoms with Crippen molar-refractivity contribution in [2.75, 3.05) is 39.8 Å². The topological polar surface area (TPSA) is 56.2 Å². The van der Waals surface area contributed by atoms with Gasteiger partial charge >= 0.3 is 0 Å². The van der Waals surface area contributed by atoms with Crippen LogP contribution in [0.4, 0.5) is 0 Å². The highest BCUT2D eigenvalue weighted by Gasteiger charge is 2.30. The lowest BCUT2D eigenvalue weighted by atomic mass is 9.96. The second kappa shape index (κ2) is 8.10. The van der Waals surface area contributed by atoms with E-state index in [0.29, 0.717) is 24.5 Å². The number of hydrazone groups is 1. The molecule has 3 aliphatic rings. The summed E-state index contributed by atoms with van der Waals surface area (Å²) in [5.74, 6) is 0.600. The van der Waals surface area contributed by atoms with Crippen LogP contribution in [0.2, 0.25) is 0 Å². The van der Waals surface area contributed by atoms with Gasteiger partial charge in [-0.05, 0) is 44.7 Å². The molecule has 0 aromatic heterocycles. The summed E-state index contributed by atoms with van der Waals surface area (Å²) in [7, 11) is 1.63. The van der Waals surface area contributed by atoms with Crippen molar-refractivity contribution in [2.24, 2.45) is 11.0 Å². The van der Waals surface area contributed by atoms with Gasteiger partial charge in [0.1, 0.15) is 5.71 Å². The Labute approximate surface area is 144 Å². The standard InChI is InChI=1S/C18H30N4O2/c1-20-17(23)9-8-16(19-20)18(24)22-12-6-7-15(14-22)13-21-10-4-2-3-5-11-21/h15H,2-14H2,1H3. The Morgan fingerprint density at radius 2 is 1.83 bits per heavy atom. The van der Waals surface area contributed by atoms with Crippen molar-refractivity contribution in [3.63, 3.8) is 0 Å². The molecule has 6 nitrogen and oxygen atoms in total. The lowest BCUT2D eigenvalue weighted by Crippen LogP contribution is -2.47. The SMILES string of the molecule is CN1N=C(C(=O)N2CCCC(CN3CCCCCC3)C2)CCC1=O. The van der Waals surface area contributed by atoms with Crippen LogP contribution in [-0.4, -0.2) is 72.1 Å². The number of rotatable bonds is 3. The van der Waals surface area contributed by atoms with Crippen LogP contribution in [0.5, 0.6) is 0 Å². The third-order valence-corrected chi connectivity index (χ3v) is 5.48. The molecule has 24 heavy (non-hydrogen) atoms. The zero-order valence-electron chi connectivity index (χ0n) is 14.9. The Balaban J connectivity index is 1.55. The molecule has 2 saturated heterocycles. The lowest BCUT2D eigenvalue weighted by Gasteiger charge is -2.36. The molecule has 0 aromatic rings. The van der Waals surface area contributed by atoms with E-state index in [0.717, 1.165) is 26.1 Å². The van der Waals surface area contributed by atoms with Crippen molar-refractivity contribution < 1.29 is 9.59 Å². The maximum atomic E-state index is 12.7. The summed E-state index contributed by atoms with van der Waals surface area (Å²) in [6, 6.07) is 0. The fourth-order valence-electron chi connectivity index (χ4n) is 4.09. The largest absolute Gasteiger partial charge is 0.337 e. The van der Waals surface area contributed by atoms with Gasteiger partial charge in [-0.1, -0.05) is 12.8 Å². The molecule has 3 rings (SSSR count). The fourth-order valence-corrected chi connectivity index (χ4v) is 4.09. The van der Waals surface area contributed by atoms with Gasteiger partial charge in [-0.25, -0.2) is 5.01 Å². The van der Waals surface area contributed by atoms with Gasteiger partial charge in [0.25, 0.3) is 5.91 Å². The highest BCUT2D eigenvalue weighted by atomic mass is 16.2. The van der Waals surface area contributed by atoms with Gasteiger partial charge in [-0.3, -0.25) is 9.59 Å². The van der Waals surface area contributed by atoms with Gasteiger partial charge < -0.3 is 9.80 Å². The molecule has 0 radical (unpaired) electrons. The number of carbonyl (C=O) groups excluding carboxylic acids is 2. The molecule has 134 valence electrons. The fraction of sp³-hybridized carbons (Fsp3) is 0.833. The van der Waals surface area contributed by atoms with Crippen LogP contribution in [-0.2, 0) is 9.59 Å². The number of likely N-dealkylation sites (tertiary alicyclic amines) is 2. The summed E-state index contributed by atoms with van der Waals surface area (Å²) in [6.45, 7) is 5.21. The van der Waals surface area contributed by atoms with Crippen LogP contribution in [0.1, 0.15) is 51.4 Å². The predicted octanol–water partition coefficient (Wildman–Crippen LogP) is 1.71. The molecular weight excluding hydrogens is 304 g/mol. The lowest BCUT2D eigenvalue weighted by molar-refractivity contribution is -0.131. The molecule has 1 atom stereocenters. The van der Waals surface area contributed by atoms with Crippen molar-refractivity contribution in [1.82, 2.24) is 14.8 Å². The molecule has 0 aromatic carbocycles. The van der Waals surface area contributed by atoms with E-state index < -0.39 is 0 Å². The normalized spacial score (nSPS) is 27.0. The summed E-state index contributed by atoms with van der Waals surface area (Å²) in [5, 5.41) is 5.51. The summed E-state index contributed by atoms with van der Waals surface area (Å²) in [6.07, 6.45) is 8.51. The summed E-state index contributed by atoms with van der Waals surface area (Å²) >= 11 is 0. The van der Waals surface area contributed by atoms with Gasteiger partial charge in [-0.15, -0.1) is 0 Å². The van der Waals surface area contributed by atoms with E-state index in [4.69, 9.17) is 0 Å². The zero-order valence-corrected chi connectivity index (χ0v) is 14.9. The average Bonchev–Trinajstić information content (AvgIpc) is 2.85. The average molecular weight is 334 g/mol. The molecular formula is C18H30N4O2. The molecule has 0 bridgehead atoms. The number of nitrogens with zero attached hydrogens (tertiary/aromatic N) is 4. The smallest absolute Gasteiger partial charge is 0.270 e. The predicted molar refractivity (Wildman–Crippen MR) is 93.7 cm³/mol. The van der Waals surface area contributed by atoms with Crippen LogP contribution >= 0.6 is 0 Å². The molecule has 0 N–H and O–H groups in total. The number of amides is 2. The third kappa shape index (κ3) is 4.35. The molecule has 1 unspecified atom stereocenters. The Hall–Kier alpha value is -1.43. The third-order valence-electron chi connectivity index (χ3n) is 5.48. The zero-order chi connectivity index (χ0) is 16.9. The first-order valence-corrected chi connectivity index (χ1v) is 9.49. The van der Waals surface area contributed by atoms with E-state index in [1.54, 1.807) is 7.05 Å². The maximum Gasteiger partial charge on any atom is 0.270 e. The van der Waals surface area contributed by atoms with Crippen molar-refractivity contribution >= 4 is 17.5 Å². The highest BCUT2D eigenvalue weighted by Crippen LogP contribution is 2.21. The van der Waals surface area contributed by atoms with E-state index in [-0.39, 0.29) is 11.8 Å². The molecule has 0 spiro atoms. The van der Waals surface area contributed by atoms with E-state index in [9.17, 15) is 9.59 Å². The highest BCUT2D eigenvalue weighted by molar-refractivity contribution is 6.39. The quantitative estimate of drug-likeness (QED) is 0.789. The number of hydrogen-bond donors (Lipinski definition) is 0. The van der Waals surface area contributed by atoms with Crippen molar-refractivity contribution in [3.05, 3.63) is 0 Å². The molecule has 2 fully saturated rings. The minimum atomic E-state index is -0.00997. The molecule has 3 aliphatic heterocycles. The number of carbonyl (C=O) groups is 2. The van der Waals surface area contributed by atoms with Crippen molar-refractivity contribution in [2.45, 2.75) is 51.4 Å². The van der Waals surface area contributed by atoms with E-state index in [1.807, 2.05) is 4.90 Å². The Bertz CT molecular complexity index is 497.